The molecule has 0 spiro atoms. The van der Waals surface area contributed by atoms with Crippen molar-refractivity contribution >= 4 is 23.4 Å². The third-order valence-electron chi connectivity index (χ3n) is 5.05. The Bertz CT molecular complexity index is 884. The van der Waals surface area contributed by atoms with Crippen LogP contribution in [0.3, 0.4) is 0 Å². The second-order valence-corrected chi connectivity index (χ2v) is 7.32. The Labute approximate surface area is 164 Å². The van der Waals surface area contributed by atoms with Gasteiger partial charge in [-0.1, -0.05) is 12.1 Å². The molecule has 28 heavy (non-hydrogen) atoms. The maximum absolute atomic E-state index is 12.6. The molecular weight excluding hydrogens is 356 g/mol. The standard InChI is InChI=1S/C21H24N4O3/c1-15(26)25-11-8-21(2,14-25)20(28)23-13-16-4-3-5-18(12-16)24-19(27)17-6-9-22-10-7-17/h3-7,9-10,12H,8,11,13-14H2,1-2H3,(H,23,28)(H,24,27). The van der Waals surface area contributed by atoms with Gasteiger partial charge in [0, 0.05) is 50.2 Å². The van der Waals surface area contributed by atoms with Crippen molar-refractivity contribution in [1.82, 2.24) is 15.2 Å². The third-order valence-corrected chi connectivity index (χ3v) is 5.05. The van der Waals surface area contributed by atoms with Crippen molar-refractivity contribution in [2.75, 3.05) is 18.4 Å². The Kier molecular flexibility index (Phi) is 5.73. The number of aromatic nitrogens is 1. The van der Waals surface area contributed by atoms with E-state index in [1.807, 2.05) is 25.1 Å². The SMILES string of the molecule is CC(=O)N1CCC(C)(C(=O)NCc2cccc(NC(=O)c3ccncc3)c2)C1. The summed E-state index contributed by atoms with van der Waals surface area (Å²) in [5.74, 6) is -0.289. The molecule has 0 bridgehead atoms. The number of hydrogen-bond acceptors (Lipinski definition) is 4. The monoisotopic (exact) mass is 380 g/mol. The number of rotatable bonds is 5. The van der Waals surface area contributed by atoms with Crippen LogP contribution in [0.5, 0.6) is 0 Å². The van der Waals surface area contributed by atoms with Crippen LogP contribution in [0.25, 0.3) is 0 Å². The van der Waals surface area contributed by atoms with Crippen molar-refractivity contribution in [2.24, 2.45) is 5.41 Å². The minimum Gasteiger partial charge on any atom is -0.351 e. The van der Waals surface area contributed by atoms with Crippen LogP contribution in [0.2, 0.25) is 0 Å². The maximum atomic E-state index is 12.6. The summed E-state index contributed by atoms with van der Waals surface area (Å²) in [7, 11) is 0. The number of nitrogens with one attached hydrogen (secondary N) is 2. The normalized spacial score (nSPS) is 18.6. The van der Waals surface area contributed by atoms with Gasteiger partial charge in [-0.2, -0.15) is 0 Å². The first kappa shape index (κ1) is 19.5. The average molecular weight is 380 g/mol. The van der Waals surface area contributed by atoms with Crippen LogP contribution >= 0.6 is 0 Å². The van der Waals surface area contributed by atoms with E-state index in [1.165, 1.54) is 6.92 Å². The zero-order chi connectivity index (χ0) is 20.1. The van der Waals surface area contributed by atoms with E-state index in [2.05, 4.69) is 15.6 Å². The second-order valence-electron chi connectivity index (χ2n) is 7.32. The lowest BCUT2D eigenvalue weighted by molar-refractivity contribution is -0.131. The highest BCUT2D eigenvalue weighted by molar-refractivity contribution is 6.04. The molecule has 1 aliphatic rings. The lowest BCUT2D eigenvalue weighted by Crippen LogP contribution is -2.41. The first-order valence-corrected chi connectivity index (χ1v) is 9.21. The minimum atomic E-state index is -0.571. The molecule has 1 aromatic carbocycles. The smallest absolute Gasteiger partial charge is 0.255 e. The van der Waals surface area contributed by atoms with Gasteiger partial charge in [-0.15, -0.1) is 0 Å². The Morgan fingerprint density at radius 2 is 1.93 bits per heavy atom. The van der Waals surface area contributed by atoms with Gasteiger partial charge in [0.1, 0.15) is 0 Å². The quantitative estimate of drug-likeness (QED) is 0.832. The summed E-state index contributed by atoms with van der Waals surface area (Å²) in [6.07, 6.45) is 3.79. The Morgan fingerprint density at radius 1 is 1.18 bits per heavy atom. The summed E-state index contributed by atoms with van der Waals surface area (Å²) >= 11 is 0. The first-order chi connectivity index (χ1) is 13.4. The molecule has 1 aliphatic heterocycles. The minimum absolute atomic E-state index is 0.00540. The lowest BCUT2D eigenvalue weighted by Gasteiger charge is -2.23. The summed E-state index contributed by atoms with van der Waals surface area (Å²) in [5, 5.41) is 5.80. The van der Waals surface area contributed by atoms with E-state index in [0.717, 1.165) is 5.56 Å². The molecule has 7 nitrogen and oxygen atoms in total. The maximum Gasteiger partial charge on any atom is 0.255 e. The Morgan fingerprint density at radius 3 is 2.61 bits per heavy atom. The summed E-state index contributed by atoms with van der Waals surface area (Å²) in [6.45, 7) is 4.81. The topological polar surface area (TPSA) is 91.4 Å². The Hall–Kier alpha value is -3.22. The largest absolute Gasteiger partial charge is 0.351 e. The van der Waals surface area contributed by atoms with Gasteiger partial charge in [-0.05, 0) is 43.2 Å². The Balaban J connectivity index is 1.58. The van der Waals surface area contributed by atoms with Crippen LogP contribution in [0, 0.1) is 5.41 Å². The zero-order valence-electron chi connectivity index (χ0n) is 16.1. The first-order valence-electron chi connectivity index (χ1n) is 9.21. The molecule has 0 saturated carbocycles. The molecule has 0 radical (unpaired) electrons. The molecule has 1 aromatic heterocycles. The molecule has 2 heterocycles. The van der Waals surface area contributed by atoms with Gasteiger partial charge in [0.25, 0.3) is 5.91 Å². The molecule has 3 rings (SSSR count). The summed E-state index contributed by atoms with van der Waals surface area (Å²) < 4.78 is 0. The predicted octanol–water partition coefficient (Wildman–Crippen LogP) is 2.21. The molecule has 1 fully saturated rings. The number of pyridine rings is 1. The van der Waals surface area contributed by atoms with Crippen LogP contribution in [-0.2, 0) is 16.1 Å². The van der Waals surface area contributed by atoms with Crippen LogP contribution in [0.4, 0.5) is 5.69 Å². The number of anilines is 1. The predicted molar refractivity (Wildman–Crippen MR) is 105 cm³/mol. The van der Waals surface area contributed by atoms with Gasteiger partial charge in [-0.25, -0.2) is 0 Å². The highest BCUT2D eigenvalue weighted by atomic mass is 16.2. The van der Waals surface area contributed by atoms with Crippen molar-refractivity contribution in [2.45, 2.75) is 26.8 Å². The van der Waals surface area contributed by atoms with Gasteiger partial charge in [0.15, 0.2) is 0 Å². The van der Waals surface area contributed by atoms with Crippen molar-refractivity contribution in [1.29, 1.82) is 0 Å². The number of carbonyl (C=O) groups excluding carboxylic acids is 3. The second kappa shape index (κ2) is 8.21. The van der Waals surface area contributed by atoms with E-state index in [4.69, 9.17) is 0 Å². The highest BCUT2D eigenvalue weighted by Crippen LogP contribution is 2.30. The molecule has 7 heteroatoms. The lowest BCUT2D eigenvalue weighted by atomic mass is 9.88. The number of hydrogen-bond donors (Lipinski definition) is 2. The van der Waals surface area contributed by atoms with E-state index in [0.29, 0.717) is 37.3 Å². The van der Waals surface area contributed by atoms with E-state index in [1.54, 1.807) is 35.5 Å². The van der Waals surface area contributed by atoms with Crippen molar-refractivity contribution in [3.05, 3.63) is 59.9 Å². The van der Waals surface area contributed by atoms with Crippen LogP contribution in [-0.4, -0.2) is 40.7 Å². The highest BCUT2D eigenvalue weighted by Gasteiger charge is 2.40. The van der Waals surface area contributed by atoms with E-state index < -0.39 is 5.41 Å². The fraction of sp³-hybridized carbons (Fsp3) is 0.333. The number of amides is 3. The average Bonchev–Trinajstić information content (AvgIpc) is 3.11. The van der Waals surface area contributed by atoms with Gasteiger partial charge < -0.3 is 15.5 Å². The van der Waals surface area contributed by atoms with Crippen LogP contribution < -0.4 is 10.6 Å². The molecular formula is C21H24N4O3. The fourth-order valence-corrected chi connectivity index (χ4v) is 3.28. The van der Waals surface area contributed by atoms with Gasteiger partial charge in [0.05, 0.1) is 5.41 Å². The van der Waals surface area contributed by atoms with Gasteiger partial charge >= 0.3 is 0 Å². The number of likely N-dealkylation sites (tertiary alicyclic amines) is 1. The molecule has 0 aliphatic carbocycles. The third kappa shape index (κ3) is 4.54. The summed E-state index contributed by atoms with van der Waals surface area (Å²) in [5.41, 5.74) is 1.49. The molecule has 2 N–H and O–H groups in total. The summed E-state index contributed by atoms with van der Waals surface area (Å²) in [4.78, 5) is 42.0. The molecule has 146 valence electrons. The molecule has 2 aromatic rings. The summed E-state index contributed by atoms with van der Waals surface area (Å²) in [6, 6.07) is 10.6. The fourth-order valence-electron chi connectivity index (χ4n) is 3.28. The van der Waals surface area contributed by atoms with E-state index >= 15 is 0 Å². The molecule has 3 amide bonds. The number of nitrogens with zero attached hydrogens (tertiary/aromatic N) is 2. The van der Waals surface area contributed by atoms with Crippen molar-refractivity contribution < 1.29 is 14.4 Å². The van der Waals surface area contributed by atoms with Crippen LogP contribution in [0.15, 0.2) is 48.8 Å². The van der Waals surface area contributed by atoms with Crippen molar-refractivity contribution in [3.8, 4) is 0 Å². The van der Waals surface area contributed by atoms with Gasteiger partial charge in [0.2, 0.25) is 11.8 Å². The molecule has 1 saturated heterocycles. The number of carbonyl (C=O) groups is 3. The van der Waals surface area contributed by atoms with Crippen LogP contribution in [0.1, 0.15) is 36.2 Å². The van der Waals surface area contributed by atoms with E-state index in [-0.39, 0.29) is 17.7 Å². The number of benzene rings is 1. The van der Waals surface area contributed by atoms with Crippen molar-refractivity contribution in [3.63, 3.8) is 0 Å². The molecule has 1 unspecified atom stereocenters. The molecule has 1 atom stereocenters. The van der Waals surface area contributed by atoms with Gasteiger partial charge in [-0.3, -0.25) is 19.4 Å². The van der Waals surface area contributed by atoms with E-state index in [9.17, 15) is 14.4 Å². The zero-order valence-corrected chi connectivity index (χ0v) is 16.1.